The lowest BCUT2D eigenvalue weighted by Crippen LogP contribution is -2.21. The summed E-state index contributed by atoms with van der Waals surface area (Å²) in [5.74, 6) is -0.807. The van der Waals surface area contributed by atoms with E-state index in [-0.39, 0.29) is 23.7 Å². The fourth-order valence-electron chi connectivity index (χ4n) is 2.80. The molecule has 0 aliphatic carbocycles. The first-order valence-corrected chi connectivity index (χ1v) is 8.36. The molecule has 0 aromatic heterocycles. The summed E-state index contributed by atoms with van der Waals surface area (Å²) in [6.07, 6.45) is 0.355. The predicted octanol–water partition coefficient (Wildman–Crippen LogP) is 4.85. The van der Waals surface area contributed by atoms with Crippen LogP contribution in [-0.2, 0) is 12.0 Å². The summed E-state index contributed by atoms with van der Waals surface area (Å²) >= 11 is 0. The standard InChI is InChI=1S/C21H24O4/c1-5-17(22)15-11-12-16(20(23)24)19(18(15)21(2,3)4)25-13-14-9-7-6-8-10-14/h6-12H,5,13H2,1-4H3,(H,23,24). The molecule has 0 saturated carbocycles. The Hall–Kier alpha value is -2.62. The highest BCUT2D eigenvalue weighted by atomic mass is 16.5. The number of benzene rings is 2. The minimum atomic E-state index is -1.07. The second kappa shape index (κ2) is 7.51. The van der Waals surface area contributed by atoms with Gasteiger partial charge in [0.15, 0.2) is 5.78 Å². The normalized spacial score (nSPS) is 11.2. The minimum Gasteiger partial charge on any atom is -0.488 e. The molecule has 0 saturated heterocycles. The van der Waals surface area contributed by atoms with Crippen LogP contribution in [0, 0.1) is 0 Å². The molecule has 0 fully saturated rings. The third kappa shape index (κ3) is 4.27. The van der Waals surface area contributed by atoms with Crippen molar-refractivity contribution < 1.29 is 19.4 Å². The molecule has 4 nitrogen and oxygen atoms in total. The van der Waals surface area contributed by atoms with Crippen molar-refractivity contribution in [3.8, 4) is 5.75 Å². The largest absolute Gasteiger partial charge is 0.488 e. The van der Waals surface area contributed by atoms with Gasteiger partial charge in [0.2, 0.25) is 0 Å². The molecule has 2 rings (SSSR count). The van der Waals surface area contributed by atoms with Crippen LogP contribution >= 0.6 is 0 Å². The van der Waals surface area contributed by atoms with Crippen LogP contribution in [-0.4, -0.2) is 16.9 Å². The average molecular weight is 340 g/mol. The highest BCUT2D eigenvalue weighted by Gasteiger charge is 2.29. The quantitative estimate of drug-likeness (QED) is 0.763. The van der Waals surface area contributed by atoms with Gasteiger partial charge in [-0.25, -0.2) is 4.79 Å². The number of rotatable bonds is 6. The summed E-state index contributed by atoms with van der Waals surface area (Å²) in [7, 11) is 0. The first-order valence-electron chi connectivity index (χ1n) is 8.36. The van der Waals surface area contributed by atoms with Crippen molar-refractivity contribution in [1.29, 1.82) is 0 Å². The molecule has 132 valence electrons. The number of carboxylic acid groups (broad SMARTS) is 1. The van der Waals surface area contributed by atoms with Crippen LogP contribution in [0.1, 0.15) is 66.0 Å². The molecular formula is C21H24O4. The van der Waals surface area contributed by atoms with E-state index in [1.807, 2.05) is 51.1 Å². The lowest BCUT2D eigenvalue weighted by atomic mass is 9.80. The number of ether oxygens (including phenoxy) is 1. The monoisotopic (exact) mass is 340 g/mol. The molecule has 0 amide bonds. The Balaban J connectivity index is 2.59. The van der Waals surface area contributed by atoms with Crippen LogP contribution in [0.25, 0.3) is 0 Å². The zero-order valence-electron chi connectivity index (χ0n) is 15.1. The van der Waals surface area contributed by atoms with Crippen molar-refractivity contribution in [1.82, 2.24) is 0 Å². The van der Waals surface area contributed by atoms with Gasteiger partial charge in [0.05, 0.1) is 0 Å². The van der Waals surface area contributed by atoms with Crippen molar-refractivity contribution in [2.75, 3.05) is 0 Å². The molecule has 2 aromatic rings. The SMILES string of the molecule is CCC(=O)c1ccc(C(=O)O)c(OCc2ccccc2)c1C(C)(C)C. The number of carboxylic acids is 1. The smallest absolute Gasteiger partial charge is 0.339 e. The van der Waals surface area contributed by atoms with Crippen LogP contribution in [0.3, 0.4) is 0 Å². The van der Waals surface area contributed by atoms with E-state index in [1.165, 1.54) is 6.07 Å². The molecule has 0 aliphatic heterocycles. The fourth-order valence-corrected chi connectivity index (χ4v) is 2.80. The van der Waals surface area contributed by atoms with Crippen LogP contribution in [0.4, 0.5) is 0 Å². The van der Waals surface area contributed by atoms with Gasteiger partial charge in [-0.2, -0.15) is 0 Å². The van der Waals surface area contributed by atoms with E-state index in [1.54, 1.807) is 13.0 Å². The Kier molecular flexibility index (Phi) is 5.62. The maximum atomic E-state index is 12.4. The lowest BCUT2D eigenvalue weighted by Gasteiger charge is -2.27. The third-order valence-corrected chi connectivity index (χ3v) is 3.99. The molecule has 0 bridgehead atoms. The van der Waals surface area contributed by atoms with Gasteiger partial charge in [0, 0.05) is 17.5 Å². The Morgan fingerprint density at radius 2 is 1.60 bits per heavy atom. The predicted molar refractivity (Wildman–Crippen MR) is 97.5 cm³/mol. The average Bonchev–Trinajstić information content (AvgIpc) is 2.58. The Bertz CT molecular complexity index is 770. The number of aromatic carboxylic acids is 1. The van der Waals surface area contributed by atoms with Gasteiger partial charge in [0.25, 0.3) is 0 Å². The molecule has 0 atom stereocenters. The van der Waals surface area contributed by atoms with Crippen molar-refractivity contribution >= 4 is 11.8 Å². The Labute approximate surface area is 148 Å². The molecule has 0 unspecified atom stereocenters. The van der Waals surface area contributed by atoms with E-state index < -0.39 is 11.4 Å². The van der Waals surface area contributed by atoms with Gasteiger partial charge in [0.1, 0.15) is 17.9 Å². The molecule has 25 heavy (non-hydrogen) atoms. The molecule has 2 aromatic carbocycles. The van der Waals surface area contributed by atoms with Gasteiger partial charge in [-0.3, -0.25) is 4.79 Å². The van der Waals surface area contributed by atoms with Crippen LogP contribution in [0.15, 0.2) is 42.5 Å². The van der Waals surface area contributed by atoms with E-state index in [0.29, 0.717) is 17.5 Å². The van der Waals surface area contributed by atoms with Crippen molar-refractivity contribution in [3.63, 3.8) is 0 Å². The number of hydrogen-bond acceptors (Lipinski definition) is 3. The highest BCUT2D eigenvalue weighted by Crippen LogP contribution is 2.38. The molecule has 1 N–H and O–H groups in total. The topological polar surface area (TPSA) is 63.6 Å². The molecule has 4 heteroatoms. The summed E-state index contributed by atoms with van der Waals surface area (Å²) in [5, 5.41) is 9.57. The van der Waals surface area contributed by atoms with E-state index in [9.17, 15) is 14.7 Å². The number of carbonyl (C=O) groups is 2. The van der Waals surface area contributed by atoms with Crippen LogP contribution < -0.4 is 4.74 Å². The molecule has 0 radical (unpaired) electrons. The van der Waals surface area contributed by atoms with Gasteiger partial charge in [-0.05, 0) is 23.1 Å². The van der Waals surface area contributed by atoms with Crippen LogP contribution in [0.5, 0.6) is 5.75 Å². The fraction of sp³-hybridized carbons (Fsp3) is 0.333. The maximum Gasteiger partial charge on any atom is 0.339 e. The summed E-state index contributed by atoms with van der Waals surface area (Å²) in [6, 6.07) is 12.6. The van der Waals surface area contributed by atoms with Crippen molar-refractivity contribution in [3.05, 3.63) is 64.7 Å². The lowest BCUT2D eigenvalue weighted by molar-refractivity contribution is 0.0690. The number of hydrogen-bond donors (Lipinski definition) is 1. The van der Waals surface area contributed by atoms with Crippen molar-refractivity contribution in [2.45, 2.75) is 46.1 Å². The summed E-state index contributed by atoms with van der Waals surface area (Å²) in [5.41, 5.74) is 1.76. The summed E-state index contributed by atoms with van der Waals surface area (Å²) in [6.45, 7) is 7.90. The number of carbonyl (C=O) groups excluding carboxylic acids is 1. The molecule has 0 aliphatic rings. The van der Waals surface area contributed by atoms with Crippen molar-refractivity contribution in [2.24, 2.45) is 0 Å². The highest BCUT2D eigenvalue weighted by molar-refractivity contribution is 6.01. The first kappa shape index (κ1) is 18.7. The zero-order valence-corrected chi connectivity index (χ0v) is 15.1. The van der Waals surface area contributed by atoms with Gasteiger partial charge >= 0.3 is 5.97 Å². The van der Waals surface area contributed by atoms with E-state index in [2.05, 4.69) is 0 Å². The van der Waals surface area contributed by atoms with E-state index >= 15 is 0 Å². The Morgan fingerprint density at radius 1 is 1.00 bits per heavy atom. The maximum absolute atomic E-state index is 12.4. The van der Waals surface area contributed by atoms with E-state index in [0.717, 1.165) is 5.56 Å². The van der Waals surface area contributed by atoms with Gasteiger partial charge in [-0.15, -0.1) is 0 Å². The zero-order chi connectivity index (χ0) is 18.6. The second-order valence-corrected chi connectivity index (χ2v) is 6.97. The third-order valence-electron chi connectivity index (χ3n) is 3.99. The molecule has 0 spiro atoms. The summed E-state index contributed by atoms with van der Waals surface area (Å²) < 4.78 is 5.94. The van der Waals surface area contributed by atoms with Crippen LogP contribution in [0.2, 0.25) is 0 Å². The first-order chi connectivity index (χ1) is 11.8. The van der Waals surface area contributed by atoms with Gasteiger partial charge < -0.3 is 9.84 Å². The second-order valence-electron chi connectivity index (χ2n) is 6.97. The summed E-state index contributed by atoms with van der Waals surface area (Å²) in [4.78, 5) is 24.1. The number of Topliss-reactive ketones (excluding diaryl/α,β-unsaturated/α-hetero) is 1. The van der Waals surface area contributed by atoms with E-state index in [4.69, 9.17) is 4.74 Å². The van der Waals surface area contributed by atoms with Gasteiger partial charge in [-0.1, -0.05) is 58.0 Å². The Morgan fingerprint density at radius 3 is 2.12 bits per heavy atom. The molecular weight excluding hydrogens is 316 g/mol. The number of ketones is 1. The molecule has 0 heterocycles. The minimum absolute atomic E-state index is 0.0218.